The Morgan fingerprint density at radius 2 is 2.04 bits per heavy atom. The van der Waals surface area contributed by atoms with Crippen LogP contribution in [0.1, 0.15) is 46.0 Å². The molecule has 1 atom stereocenters. The highest BCUT2D eigenvalue weighted by Crippen LogP contribution is 2.24. The third-order valence-corrected chi connectivity index (χ3v) is 4.01. The molecule has 1 fully saturated rings. The molecular weight excluding hydrogens is 300 g/mol. The van der Waals surface area contributed by atoms with Crippen molar-refractivity contribution in [3.63, 3.8) is 0 Å². The van der Waals surface area contributed by atoms with E-state index in [0.717, 1.165) is 31.8 Å². The quantitative estimate of drug-likeness (QED) is 0.669. The first kappa shape index (κ1) is 17.5. The van der Waals surface area contributed by atoms with Crippen molar-refractivity contribution >= 4 is 17.6 Å². The van der Waals surface area contributed by atoms with Gasteiger partial charge in [0.2, 0.25) is 5.91 Å². The molecule has 1 unspecified atom stereocenters. The van der Waals surface area contributed by atoms with Crippen LogP contribution in [0.4, 0.5) is 0 Å². The average Bonchev–Trinajstić information content (AvgIpc) is 2.94. The Balaban J connectivity index is 1.96. The van der Waals surface area contributed by atoms with Gasteiger partial charge in [-0.3, -0.25) is 14.4 Å². The van der Waals surface area contributed by atoms with Crippen LogP contribution < -0.4 is 10.6 Å². The topological polar surface area (TPSA) is 105 Å². The SMILES string of the molecule is CC1(C)CC(=O)C=C(C(=O)NC(CO)C(=O)NC2CCCC2)O1. The first-order chi connectivity index (χ1) is 10.8. The van der Waals surface area contributed by atoms with Crippen LogP contribution in [-0.4, -0.2) is 47.0 Å². The number of carbonyl (C=O) groups is 3. The molecule has 7 nitrogen and oxygen atoms in total. The van der Waals surface area contributed by atoms with E-state index >= 15 is 0 Å². The molecule has 0 saturated heterocycles. The van der Waals surface area contributed by atoms with Crippen LogP contribution in [0, 0.1) is 0 Å². The summed E-state index contributed by atoms with van der Waals surface area (Å²) in [5.74, 6) is -1.43. The molecule has 23 heavy (non-hydrogen) atoms. The monoisotopic (exact) mass is 324 g/mol. The fourth-order valence-corrected chi connectivity index (χ4v) is 2.89. The van der Waals surface area contributed by atoms with E-state index in [-0.39, 0.29) is 24.0 Å². The van der Waals surface area contributed by atoms with E-state index in [1.807, 2.05) is 0 Å². The molecule has 7 heteroatoms. The normalized spacial score (nSPS) is 22.0. The summed E-state index contributed by atoms with van der Waals surface area (Å²) in [6, 6.07) is -0.966. The minimum absolute atomic E-state index is 0.0964. The van der Waals surface area contributed by atoms with Crippen molar-refractivity contribution in [3.05, 3.63) is 11.8 Å². The van der Waals surface area contributed by atoms with E-state index in [9.17, 15) is 19.5 Å². The summed E-state index contributed by atoms with van der Waals surface area (Å²) in [6.45, 7) is 2.90. The van der Waals surface area contributed by atoms with E-state index < -0.39 is 30.1 Å². The van der Waals surface area contributed by atoms with Gasteiger partial charge in [0.25, 0.3) is 5.91 Å². The van der Waals surface area contributed by atoms with Crippen LogP contribution in [0.25, 0.3) is 0 Å². The second-order valence-electron chi connectivity index (χ2n) is 6.71. The molecule has 0 radical (unpaired) electrons. The van der Waals surface area contributed by atoms with Gasteiger partial charge >= 0.3 is 0 Å². The van der Waals surface area contributed by atoms with Gasteiger partial charge in [0, 0.05) is 18.5 Å². The lowest BCUT2D eigenvalue weighted by atomic mass is 9.98. The number of rotatable bonds is 5. The lowest BCUT2D eigenvalue weighted by Crippen LogP contribution is -2.52. The summed E-state index contributed by atoms with van der Waals surface area (Å²) in [5.41, 5.74) is -0.765. The Morgan fingerprint density at radius 3 is 2.61 bits per heavy atom. The summed E-state index contributed by atoms with van der Waals surface area (Å²) in [4.78, 5) is 36.0. The predicted octanol–water partition coefficient (Wildman–Crippen LogP) is 0.174. The molecule has 1 heterocycles. The molecule has 3 N–H and O–H groups in total. The van der Waals surface area contributed by atoms with Crippen molar-refractivity contribution in [2.75, 3.05) is 6.61 Å². The maximum atomic E-state index is 12.2. The third-order valence-electron chi connectivity index (χ3n) is 4.01. The second kappa shape index (κ2) is 7.12. The molecule has 128 valence electrons. The van der Waals surface area contributed by atoms with Gasteiger partial charge in [0.15, 0.2) is 11.5 Å². The van der Waals surface area contributed by atoms with Crippen molar-refractivity contribution in [1.29, 1.82) is 0 Å². The summed E-state index contributed by atoms with van der Waals surface area (Å²) in [5, 5.41) is 14.6. The number of hydrogen-bond acceptors (Lipinski definition) is 5. The molecule has 1 aliphatic heterocycles. The molecular formula is C16H24N2O5. The standard InChI is InChI=1S/C16H24N2O5/c1-16(2)8-11(20)7-13(23-16)15(22)18-12(9-19)14(21)17-10-5-3-4-6-10/h7,10,12,19H,3-6,8-9H2,1-2H3,(H,17,21)(H,18,22). The van der Waals surface area contributed by atoms with Crippen LogP contribution in [0.15, 0.2) is 11.8 Å². The highest BCUT2D eigenvalue weighted by Gasteiger charge is 2.33. The fourth-order valence-electron chi connectivity index (χ4n) is 2.89. The van der Waals surface area contributed by atoms with Crippen LogP contribution in [0.5, 0.6) is 0 Å². The predicted molar refractivity (Wildman–Crippen MR) is 82.3 cm³/mol. The first-order valence-electron chi connectivity index (χ1n) is 7.96. The maximum absolute atomic E-state index is 12.2. The number of carbonyl (C=O) groups excluding carboxylic acids is 3. The van der Waals surface area contributed by atoms with Crippen molar-refractivity contribution in [3.8, 4) is 0 Å². The molecule has 2 aliphatic rings. The number of ether oxygens (including phenoxy) is 1. The van der Waals surface area contributed by atoms with Crippen molar-refractivity contribution in [1.82, 2.24) is 10.6 Å². The Bertz CT molecular complexity index is 521. The van der Waals surface area contributed by atoms with E-state index in [2.05, 4.69) is 10.6 Å². The lowest BCUT2D eigenvalue weighted by molar-refractivity contribution is -0.134. The summed E-state index contributed by atoms with van der Waals surface area (Å²) in [7, 11) is 0. The Labute approximate surface area is 135 Å². The van der Waals surface area contributed by atoms with Gasteiger partial charge in [-0.25, -0.2) is 0 Å². The van der Waals surface area contributed by atoms with Crippen LogP contribution >= 0.6 is 0 Å². The number of allylic oxidation sites excluding steroid dienone is 1. The van der Waals surface area contributed by atoms with Gasteiger partial charge < -0.3 is 20.5 Å². The van der Waals surface area contributed by atoms with E-state index in [1.54, 1.807) is 13.8 Å². The molecule has 0 aromatic heterocycles. The zero-order valence-electron chi connectivity index (χ0n) is 13.6. The number of nitrogens with one attached hydrogen (secondary N) is 2. The Morgan fingerprint density at radius 1 is 1.39 bits per heavy atom. The molecule has 2 rings (SSSR count). The zero-order valence-corrected chi connectivity index (χ0v) is 13.6. The molecule has 0 aromatic rings. The average molecular weight is 324 g/mol. The van der Waals surface area contributed by atoms with Gasteiger partial charge in [0.05, 0.1) is 6.61 Å². The smallest absolute Gasteiger partial charge is 0.287 e. The third kappa shape index (κ3) is 4.79. The van der Waals surface area contributed by atoms with Crippen LogP contribution in [-0.2, 0) is 19.1 Å². The van der Waals surface area contributed by atoms with Gasteiger partial charge in [-0.1, -0.05) is 12.8 Å². The van der Waals surface area contributed by atoms with Gasteiger partial charge in [-0.15, -0.1) is 0 Å². The van der Waals surface area contributed by atoms with Crippen molar-refractivity contribution in [2.45, 2.75) is 63.6 Å². The van der Waals surface area contributed by atoms with Crippen LogP contribution in [0.2, 0.25) is 0 Å². The first-order valence-corrected chi connectivity index (χ1v) is 7.96. The maximum Gasteiger partial charge on any atom is 0.287 e. The Kier molecular flexibility index (Phi) is 5.41. The largest absolute Gasteiger partial charge is 0.482 e. The fraction of sp³-hybridized carbons (Fsp3) is 0.688. The van der Waals surface area contributed by atoms with E-state index in [0.29, 0.717) is 0 Å². The van der Waals surface area contributed by atoms with Crippen LogP contribution in [0.3, 0.4) is 0 Å². The molecule has 1 saturated carbocycles. The molecule has 0 aromatic carbocycles. The summed E-state index contributed by atoms with van der Waals surface area (Å²) in [6.07, 6.45) is 5.28. The molecule has 0 bridgehead atoms. The second-order valence-corrected chi connectivity index (χ2v) is 6.71. The highest BCUT2D eigenvalue weighted by atomic mass is 16.5. The van der Waals surface area contributed by atoms with E-state index in [4.69, 9.17) is 4.74 Å². The van der Waals surface area contributed by atoms with Gasteiger partial charge in [-0.05, 0) is 26.7 Å². The lowest BCUT2D eigenvalue weighted by Gasteiger charge is -2.30. The van der Waals surface area contributed by atoms with Gasteiger partial charge in [0.1, 0.15) is 11.6 Å². The number of aliphatic hydroxyl groups excluding tert-OH is 1. The number of aliphatic hydroxyl groups is 1. The minimum atomic E-state index is -1.06. The highest BCUT2D eigenvalue weighted by molar-refractivity contribution is 6.03. The van der Waals surface area contributed by atoms with Crippen molar-refractivity contribution in [2.24, 2.45) is 0 Å². The number of hydrogen-bond donors (Lipinski definition) is 3. The van der Waals surface area contributed by atoms with Crippen molar-refractivity contribution < 1.29 is 24.2 Å². The number of amides is 2. The van der Waals surface area contributed by atoms with E-state index in [1.165, 1.54) is 0 Å². The molecule has 1 aliphatic carbocycles. The molecule has 0 spiro atoms. The summed E-state index contributed by atoms with van der Waals surface area (Å²) < 4.78 is 5.48. The Hall–Kier alpha value is -1.89. The zero-order chi connectivity index (χ0) is 17.0. The van der Waals surface area contributed by atoms with Gasteiger partial charge in [-0.2, -0.15) is 0 Å². The summed E-state index contributed by atoms with van der Waals surface area (Å²) >= 11 is 0. The molecule has 2 amide bonds. The minimum Gasteiger partial charge on any atom is -0.482 e. The number of ketones is 1.